The van der Waals surface area contributed by atoms with Crippen LogP contribution in [0, 0.1) is 17.6 Å². The van der Waals surface area contributed by atoms with Gasteiger partial charge in [-0.1, -0.05) is 23.2 Å². The van der Waals surface area contributed by atoms with E-state index in [0.717, 1.165) is 23.0 Å². The first-order valence-corrected chi connectivity index (χ1v) is 21.1. The molecule has 2 aliphatic carbocycles. The zero-order chi connectivity index (χ0) is 44.2. The molecule has 0 saturated heterocycles. The van der Waals surface area contributed by atoms with Gasteiger partial charge in [-0.25, -0.2) is 35.9 Å². The topological polar surface area (TPSA) is 172 Å². The molecule has 0 bridgehead atoms. The van der Waals surface area contributed by atoms with Gasteiger partial charge in [0.1, 0.15) is 35.4 Å². The van der Waals surface area contributed by atoms with Gasteiger partial charge in [-0.3, -0.25) is 33.2 Å². The molecule has 320 valence electrons. The number of aromatic nitrogens is 8. The fourth-order valence-corrected chi connectivity index (χ4v) is 9.08. The Morgan fingerprint density at radius 1 is 1.02 bits per heavy atom. The van der Waals surface area contributed by atoms with Crippen molar-refractivity contribution in [1.82, 2.24) is 44.4 Å². The van der Waals surface area contributed by atoms with Crippen molar-refractivity contribution in [3.63, 3.8) is 0 Å². The van der Waals surface area contributed by atoms with Gasteiger partial charge in [-0.15, -0.1) is 0 Å². The third-order valence-corrected chi connectivity index (χ3v) is 11.8. The molecule has 3 atom stereocenters. The van der Waals surface area contributed by atoms with Gasteiger partial charge >= 0.3 is 0 Å². The number of anilines is 1. The lowest BCUT2D eigenvalue weighted by Crippen LogP contribution is -2.38. The standard InChI is InChI=1S/C39H28Cl2F6N10O4S/c1-55-32-27(6-4-24(41)30(32)36(53-55)54-62(2,60)61)57-37(51-35-21(38(57)59)3-5-25(50-35)17-10-18(40)14-48-13-17)26(9-16-7-19(42)11-20(43)8-16)49-28(58)15-56-33-29(31(52-56)34(44)45)22-12-23(22)39(33,46)47/h3-8,10-11,13-14,22-23,26,34H,9,12,15H2,1-2H3,(H,49,58)(H,53,54)/t22-,23+,26-/m0/s1. The number of aryl methyl sites for hydroxylation is 1. The number of fused-ring (bicyclic) bond motifs is 5. The van der Waals surface area contributed by atoms with E-state index in [1.165, 1.54) is 48.4 Å². The Hall–Kier alpha value is -6.06. The molecule has 1 amide bonds. The molecule has 62 heavy (non-hydrogen) atoms. The predicted molar refractivity (Wildman–Crippen MR) is 214 cm³/mol. The third kappa shape index (κ3) is 7.20. The van der Waals surface area contributed by atoms with Crippen LogP contribution in [0.1, 0.15) is 53.1 Å². The minimum Gasteiger partial charge on any atom is -0.344 e. The van der Waals surface area contributed by atoms with Gasteiger partial charge in [0.2, 0.25) is 15.9 Å². The molecule has 5 aromatic heterocycles. The van der Waals surface area contributed by atoms with Crippen LogP contribution in [0.4, 0.5) is 32.2 Å². The molecule has 9 rings (SSSR count). The molecular weight excluding hydrogens is 889 g/mol. The number of hydrogen-bond acceptors (Lipinski definition) is 9. The Kier molecular flexibility index (Phi) is 9.86. The lowest BCUT2D eigenvalue weighted by atomic mass is 10.0. The number of rotatable bonds is 11. The van der Waals surface area contributed by atoms with Crippen molar-refractivity contribution in [3.05, 3.63) is 121 Å². The Bertz CT molecular complexity index is 3200. The number of hydrogen-bond donors (Lipinski definition) is 2. The molecule has 7 aromatic rings. The van der Waals surface area contributed by atoms with Crippen LogP contribution in [-0.2, 0) is 40.8 Å². The summed E-state index contributed by atoms with van der Waals surface area (Å²) in [6.07, 6.45) is 0.00285. The van der Waals surface area contributed by atoms with Crippen LogP contribution < -0.4 is 15.6 Å². The van der Waals surface area contributed by atoms with Crippen molar-refractivity contribution >= 4 is 66.9 Å². The molecule has 0 aliphatic heterocycles. The second kappa shape index (κ2) is 14.8. The van der Waals surface area contributed by atoms with Crippen LogP contribution in [0.25, 0.3) is 38.9 Å². The second-order valence-corrected chi connectivity index (χ2v) is 17.6. The predicted octanol–water partition coefficient (Wildman–Crippen LogP) is 7.13. The Morgan fingerprint density at radius 2 is 1.76 bits per heavy atom. The molecule has 23 heteroatoms. The monoisotopic (exact) mass is 916 g/mol. The average Bonchev–Trinajstić information content (AvgIpc) is 3.72. The van der Waals surface area contributed by atoms with E-state index in [1.54, 1.807) is 6.07 Å². The van der Waals surface area contributed by atoms with Gasteiger partial charge in [0.15, 0.2) is 11.5 Å². The van der Waals surface area contributed by atoms with E-state index in [2.05, 4.69) is 30.2 Å². The van der Waals surface area contributed by atoms with Crippen LogP contribution in [0.15, 0.2) is 65.7 Å². The van der Waals surface area contributed by atoms with Crippen molar-refractivity contribution in [3.8, 4) is 16.9 Å². The lowest BCUT2D eigenvalue weighted by molar-refractivity contribution is -0.123. The summed E-state index contributed by atoms with van der Waals surface area (Å²) >= 11 is 12.8. The Morgan fingerprint density at radius 3 is 2.45 bits per heavy atom. The average molecular weight is 918 g/mol. The first-order valence-electron chi connectivity index (χ1n) is 18.5. The highest BCUT2D eigenvalue weighted by Gasteiger charge is 2.67. The molecule has 2 aliphatic rings. The van der Waals surface area contributed by atoms with E-state index in [0.29, 0.717) is 16.3 Å². The molecule has 1 saturated carbocycles. The number of alkyl halides is 4. The van der Waals surface area contributed by atoms with Gasteiger partial charge in [-0.2, -0.15) is 19.0 Å². The molecule has 0 unspecified atom stereocenters. The number of amides is 1. The molecular formula is C39H28Cl2F6N10O4S. The summed E-state index contributed by atoms with van der Waals surface area (Å²) < 4.78 is 119. The number of nitrogens with one attached hydrogen (secondary N) is 2. The Balaban J connectivity index is 1.26. The largest absolute Gasteiger partial charge is 0.344 e. The van der Waals surface area contributed by atoms with Crippen molar-refractivity contribution in [1.29, 1.82) is 0 Å². The molecule has 0 spiro atoms. The maximum Gasteiger partial charge on any atom is 0.293 e. The number of benzene rings is 2. The van der Waals surface area contributed by atoms with Crippen molar-refractivity contribution in [2.45, 2.75) is 43.7 Å². The molecule has 1 fully saturated rings. The van der Waals surface area contributed by atoms with Crippen LogP contribution in [0.2, 0.25) is 10.0 Å². The summed E-state index contributed by atoms with van der Waals surface area (Å²) in [4.78, 5) is 42.5. The number of sulfonamides is 1. The number of halogens is 8. The zero-order valence-corrected chi connectivity index (χ0v) is 34.2. The fourth-order valence-electron chi connectivity index (χ4n) is 8.17. The van der Waals surface area contributed by atoms with Crippen molar-refractivity contribution in [2.24, 2.45) is 13.0 Å². The molecule has 5 heterocycles. The van der Waals surface area contributed by atoms with Crippen LogP contribution >= 0.6 is 23.2 Å². The summed E-state index contributed by atoms with van der Waals surface area (Å²) in [5.41, 5.74) is -2.29. The number of carbonyl (C=O) groups excluding carboxylic acids is 1. The van der Waals surface area contributed by atoms with Crippen molar-refractivity contribution < 1.29 is 39.6 Å². The van der Waals surface area contributed by atoms with Crippen LogP contribution in [-0.4, -0.2) is 59.7 Å². The Labute approximate surface area is 355 Å². The van der Waals surface area contributed by atoms with E-state index < -0.39 is 87.7 Å². The summed E-state index contributed by atoms with van der Waals surface area (Å²) in [7, 11) is -2.49. The summed E-state index contributed by atoms with van der Waals surface area (Å²) in [5.74, 6) is -9.23. The smallest absolute Gasteiger partial charge is 0.293 e. The quantitative estimate of drug-likeness (QED) is 0.128. The van der Waals surface area contributed by atoms with Gasteiger partial charge in [0.05, 0.1) is 50.0 Å². The minimum absolute atomic E-state index is 0.0113. The highest BCUT2D eigenvalue weighted by atomic mass is 35.5. The molecule has 0 radical (unpaired) electrons. The highest BCUT2D eigenvalue weighted by molar-refractivity contribution is 7.92. The summed E-state index contributed by atoms with van der Waals surface area (Å²) in [5, 5.41) is 10.9. The number of pyridine rings is 2. The summed E-state index contributed by atoms with van der Waals surface area (Å²) in [6, 6.07) is 8.17. The molecule has 14 nitrogen and oxygen atoms in total. The van der Waals surface area contributed by atoms with E-state index in [1.807, 2.05) is 0 Å². The van der Waals surface area contributed by atoms with Gasteiger partial charge in [-0.05, 0) is 60.4 Å². The van der Waals surface area contributed by atoms with Gasteiger partial charge in [0, 0.05) is 49.0 Å². The van der Waals surface area contributed by atoms with Crippen LogP contribution in [0.3, 0.4) is 0 Å². The summed E-state index contributed by atoms with van der Waals surface area (Å²) in [6.45, 7) is -1.01. The first-order chi connectivity index (χ1) is 29.3. The van der Waals surface area contributed by atoms with Crippen molar-refractivity contribution in [2.75, 3.05) is 11.0 Å². The second-order valence-electron chi connectivity index (χ2n) is 15.0. The lowest BCUT2D eigenvalue weighted by Gasteiger charge is -2.24. The number of nitrogens with zero attached hydrogens (tertiary/aromatic N) is 8. The van der Waals surface area contributed by atoms with E-state index in [-0.39, 0.29) is 72.6 Å². The first kappa shape index (κ1) is 41.3. The van der Waals surface area contributed by atoms with E-state index in [9.17, 15) is 35.6 Å². The van der Waals surface area contributed by atoms with Gasteiger partial charge in [0.25, 0.3) is 17.9 Å². The van der Waals surface area contributed by atoms with Gasteiger partial charge < -0.3 is 5.32 Å². The zero-order valence-electron chi connectivity index (χ0n) is 31.8. The normalized spacial score (nSPS) is 17.1. The van der Waals surface area contributed by atoms with Crippen LogP contribution in [0.5, 0.6) is 0 Å². The highest BCUT2D eigenvalue weighted by Crippen LogP contribution is 2.68. The third-order valence-electron chi connectivity index (χ3n) is 10.7. The van der Waals surface area contributed by atoms with E-state index in [4.69, 9.17) is 28.2 Å². The fraction of sp³-hybridized carbons (Fsp3) is 0.256. The van der Waals surface area contributed by atoms with E-state index >= 15 is 8.78 Å². The SMILES string of the molecule is Cn1nc(NS(C)(=O)=O)c2c(Cl)ccc(-n3c([C@H](Cc4cc(F)cc(F)c4)NC(=O)Cn4nc(C(F)F)c5c4C(F)(F)[C@@H]4C[C@H]54)nc4nc(-c5cncc(Cl)c5)ccc4c3=O)c21. The number of carbonyl (C=O) groups is 1. The maximum absolute atomic E-state index is 15.5. The minimum atomic E-state index is -3.92. The maximum atomic E-state index is 15.5. The molecule has 2 aromatic carbocycles. The molecule has 2 N–H and O–H groups in total.